The number of nitrogens with one attached hydrogen (secondary N) is 1. The Labute approximate surface area is 95.7 Å². The maximum Gasteiger partial charge on any atom is 0.167 e. The fourth-order valence-corrected chi connectivity index (χ4v) is 2.11. The molecule has 4 heteroatoms. The summed E-state index contributed by atoms with van der Waals surface area (Å²) in [6.07, 6.45) is 4.86. The first-order valence-corrected chi connectivity index (χ1v) is 5.73. The molecule has 0 atom stereocenters. The highest BCUT2D eigenvalue weighted by Gasteiger charge is 2.18. The van der Waals surface area contributed by atoms with Crippen LogP contribution in [0.5, 0.6) is 0 Å². The van der Waals surface area contributed by atoms with Crippen LogP contribution in [0.25, 0.3) is 0 Å². The maximum atomic E-state index is 9.14. The van der Waals surface area contributed by atoms with E-state index in [1.807, 2.05) is 13.8 Å². The Hall–Kier alpha value is -1.63. The third-order valence-electron chi connectivity index (χ3n) is 3.26. The third kappa shape index (κ3) is 1.99. The minimum absolute atomic E-state index is 0.462. The van der Waals surface area contributed by atoms with Gasteiger partial charge in [0, 0.05) is 6.04 Å². The van der Waals surface area contributed by atoms with Crippen molar-refractivity contribution < 1.29 is 0 Å². The van der Waals surface area contributed by atoms with Crippen molar-refractivity contribution in [2.75, 3.05) is 5.32 Å². The summed E-state index contributed by atoms with van der Waals surface area (Å²) in [5.74, 6) is 0.650. The lowest BCUT2D eigenvalue weighted by molar-refractivity contribution is 0.743. The van der Waals surface area contributed by atoms with Crippen molar-refractivity contribution in [3.8, 4) is 6.07 Å². The van der Waals surface area contributed by atoms with Gasteiger partial charge in [0.05, 0.1) is 5.69 Å². The summed E-state index contributed by atoms with van der Waals surface area (Å²) in [5.41, 5.74) is 2.39. The van der Waals surface area contributed by atoms with Gasteiger partial charge in [-0.3, -0.25) is 0 Å². The van der Waals surface area contributed by atoms with Gasteiger partial charge in [-0.05, 0) is 32.3 Å². The molecule has 0 amide bonds. The van der Waals surface area contributed by atoms with Gasteiger partial charge in [-0.2, -0.15) is 10.4 Å². The number of nitrogens with zero attached hydrogens (tertiary/aromatic N) is 3. The number of hydrogen-bond donors (Lipinski definition) is 1. The van der Waals surface area contributed by atoms with Gasteiger partial charge in [0.1, 0.15) is 11.6 Å². The molecule has 16 heavy (non-hydrogen) atoms. The molecule has 0 aromatic carbocycles. The van der Waals surface area contributed by atoms with Gasteiger partial charge in [0.15, 0.2) is 5.82 Å². The zero-order chi connectivity index (χ0) is 11.5. The maximum absolute atomic E-state index is 9.14. The van der Waals surface area contributed by atoms with Gasteiger partial charge in [-0.1, -0.05) is 12.8 Å². The Balaban J connectivity index is 2.26. The van der Waals surface area contributed by atoms with Crippen molar-refractivity contribution >= 4 is 5.82 Å². The second-order valence-electron chi connectivity index (χ2n) is 4.37. The van der Waals surface area contributed by atoms with Crippen molar-refractivity contribution in [2.45, 2.75) is 45.6 Å². The lowest BCUT2D eigenvalue weighted by atomic mass is 10.1. The molecule has 1 N–H and O–H groups in total. The topological polar surface area (TPSA) is 61.6 Å². The highest BCUT2D eigenvalue weighted by atomic mass is 15.2. The fourth-order valence-electron chi connectivity index (χ4n) is 2.11. The molecule has 0 radical (unpaired) electrons. The molecule has 1 aliphatic rings. The van der Waals surface area contributed by atoms with E-state index in [1.165, 1.54) is 25.7 Å². The van der Waals surface area contributed by atoms with Crippen LogP contribution in [0.15, 0.2) is 0 Å². The van der Waals surface area contributed by atoms with Crippen molar-refractivity contribution in [2.24, 2.45) is 0 Å². The summed E-state index contributed by atoms with van der Waals surface area (Å²) >= 11 is 0. The molecule has 2 rings (SSSR count). The SMILES string of the molecule is Cc1nnc(NC2CCCC2)c(C#N)c1C. The van der Waals surface area contributed by atoms with Crippen LogP contribution in [0, 0.1) is 25.2 Å². The molecule has 1 heterocycles. The highest BCUT2D eigenvalue weighted by molar-refractivity contribution is 5.56. The van der Waals surface area contributed by atoms with E-state index < -0.39 is 0 Å². The average Bonchev–Trinajstić information content (AvgIpc) is 2.77. The van der Waals surface area contributed by atoms with Crippen LogP contribution in [-0.4, -0.2) is 16.2 Å². The predicted molar refractivity (Wildman–Crippen MR) is 62.1 cm³/mol. The van der Waals surface area contributed by atoms with Gasteiger partial charge < -0.3 is 5.32 Å². The molecule has 84 valence electrons. The van der Waals surface area contributed by atoms with E-state index in [4.69, 9.17) is 5.26 Å². The number of anilines is 1. The zero-order valence-electron chi connectivity index (χ0n) is 9.75. The largest absolute Gasteiger partial charge is 0.365 e. The molecule has 1 aliphatic carbocycles. The Bertz CT molecular complexity index is 427. The standard InChI is InChI=1S/C12H16N4/c1-8-9(2)15-16-12(11(8)7-13)14-10-5-3-4-6-10/h10H,3-6H2,1-2H3,(H,14,16). The number of rotatable bonds is 2. The molecule has 0 bridgehead atoms. The van der Waals surface area contributed by atoms with E-state index in [-0.39, 0.29) is 0 Å². The lowest BCUT2D eigenvalue weighted by Gasteiger charge is -2.14. The molecule has 4 nitrogen and oxygen atoms in total. The molecule has 0 spiro atoms. The summed E-state index contributed by atoms with van der Waals surface area (Å²) in [5, 5.41) is 20.6. The van der Waals surface area contributed by atoms with E-state index in [0.717, 1.165) is 11.3 Å². The average molecular weight is 216 g/mol. The van der Waals surface area contributed by atoms with Crippen molar-refractivity contribution in [3.05, 3.63) is 16.8 Å². The number of aromatic nitrogens is 2. The number of nitriles is 1. The monoisotopic (exact) mass is 216 g/mol. The van der Waals surface area contributed by atoms with E-state index in [2.05, 4.69) is 21.6 Å². The van der Waals surface area contributed by atoms with E-state index in [0.29, 0.717) is 17.4 Å². The third-order valence-corrected chi connectivity index (χ3v) is 3.26. The van der Waals surface area contributed by atoms with Crippen LogP contribution in [0.3, 0.4) is 0 Å². The second kappa shape index (κ2) is 4.48. The first-order valence-electron chi connectivity index (χ1n) is 5.73. The summed E-state index contributed by atoms with van der Waals surface area (Å²) in [6, 6.07) is 2.68. The number of aryl methyl sites for hydroxylation is 1. The second-order valence-corrected chi connectivity index (χ2v) is 4.37. The number of hydrogen-bond acceptors (Lipinski definition) is 4. The van der Waals surface area contributed by atoms with E-state index in [1.54, 1.807) is 0 Å². The van der Waals surface area contributed by atoms with Gasteiger partial charge in [0.25, 0.3) is 0 Å². The minimum atomic E-state index is 0.462. The summed E-state index contributed by atoms with van der Waals surface area (Å²) in [6.45, 7) is 3.80. The van der Waals surface area contributed by atoms with Crippen molar-refractivity contribution in [1.29, 1.82) is 5.26 Å². The normalized spacial score (nSPS) is 16.1. The Morgan fingerprint density at radius 3 is 2.56 bits per heavy atom. The van der Waals surface area contributed by atoms with Crippen LogP contribution < -0.4 is 5.32 Å². The zero-order valence-corrected chi connectivity index (χ0v) is 9.75. The molecule has 1 saturated carbocycles. The Morgan fingerprint density at radius 1 is 1.25 bits per heavy atom. The lowest BCUT2D eigenvalue weighted by Crippen LogP contribution is -2.17. The van der Waals surface area contributed by atoms with Crippen LogP contribution in [-0.2, 0) is 0 Å². The van der Waals surface area contributed by atoms with E-state index >= 15 is 0 Å². The van der Waals surface area contributed by atoms with Crippen LogP contribution in [0.4, 0.5) is 5.82 Å². The van der Waals surface area contributed by atoms with Crippen molar-refractivity contribution in [1.82, 2.24) is 10.2 Å². The molecule has 1 aromatic rings. The van der Waals surface area contributed by atoms with E-state index in [9.17, 15) is 0 Å². The first kappa shape index (κ1) is 10.9. The van der Waals surface area contributed by atoms with Gasteiger partial charge in [-0.25, -0.2) is 0 Å². The van der Waals surface area contributed by atoms with Gasteiger partial charge in [-0.15, -0.1) is 5.10 Å². The highest BCUT2D eigenvalue weighted by Crippen LogP contribution is 2.24. The Morgan fingerprint density at radius 2 is 1.94 bits per heavy atom. The molecule has 1 fully saturated rings. The minimum Gasteiger partial charge on any atom is -0.365 e. The summed E-state index contributed by atoms with van der Waals surface area (Å²) in [4.78, 5) is 0. The van der Waals surface area contributed by atoms with Crippen LogP contribution in [0.1, 0.15) is 42.5 Å². The molecular formula is C12H16N4. The molecule has 0 saturated heterocycles. The van der Waals surface area contributed by atoms with Crippen LogP contribution in [0.2, 0.25) is 0 Å². The summed E-state index contributed by atoms with van der Waals surface area (Å²) in [7, 11) is 0. The van der Waals surface area contributed by atoms with Gasteiger partial charge in [0.2, 0.25) is 0 Å². The van der Waals surface area contributed by atoms with Gasteiger partial charge >= 0.3 is 0 Å². The quantitative estimate of drug-likeness (QED) is 0.824. The Kier molecular flexibility index (Phi) is 3.04. The molecular weight excluding hydrogens is 200 g/mol. The molecule has 1 aromatic heterocycles. The fraction of sp³-hybridized carbons (Fsp3) is 0.583. The predicted octanol–water partition coefficient (Wildman–Crippen LogP) is 2.32. The summed E-state index contributed by atoms with van der Waals surface area (Å²) < 4.78 is 0. The molecule has 0 unspecified atom stereocenters. The van der Waals surface area contributed by atoms with Crippen molar-refractivity contribution in [3.63, 3.8) is 0 Å². The first-order chi connectivity index (χ1) is 7.72. The smallest absolute Gasteiger partial charge is 0.167 e. The van der Waals surface area contributed by atoms with Crippen LogP contribution >= 0.6 is 0 Å². The molecule has 0 aliphatic heterocycles.